The Morgan fingerprint density at radius 3 is 2.17 bits per heavy atom. The second-order valence-corrected chi connectivity index (χ2v) is 4.75. The summed E-state index contributed by atoms with van der Waals surface area (Å²) >= 11 is 0. The van der Waals surface area contributed by atoms with Gasteiger partial charge in [-0.3, -0.25) is 0 Å². The van der Waals surface area contributed by atoms with Crippen molar-refractivity contribution >= 4 is 0 Å². The fourth-order valence-corrected chi connectivity index (χ4v) is 1.86. The van der Waals surface area contributed by atoms with Crippen molar-refractivity contribution in [2.45, 2.75) is 32.8 Å². The van der Waals surface area contributed by atoms with Crippen LogP contribution in [0.5, 0.6) is 0 Å². The summed E-state index contributed by atoms with van der Waals surface area (Å²) in [6, 6.07) is 9.76. The van der Waals surface area contributed by atoms with Gasteiger partial charge in [0.25, 0.3) is 0 Å². The van der Waals surface area contributed by atoms with E-state index in [2.05, 4.69) is 35.9 Å². The first-order valence-corrected chi connectivity index (χ1v) is 6.15. The highest BCUT2D eigenvalue weighted by molar-refractivity contribution is 5.30. The SMILES string of the molecule is Cc1nccc(C(O)c2ccc(C(C)C)cc2)n1. The third-order valence-corrected chi connectivity index (χ3v) is 3.00. The van der Waals surface area contributed by atoms with Crippen LogP contribution in [0.1, 0.15) is 48.5 Å². The number of hydrogen-bond acceptors (Lipinski definition) is 3. The van der Waals surface area contributed by atoms with Crippen molar-refractivity contribution in [2.24, 2.45) is 0 Å². The van der Waals surface area contributed by atoms with E-state index in [1.807, 2.05) is 19.1 Å². The van der Waals surface area contributed by atoms with E-state index >= 15 is 0 Å². The second kappa shape index (κ2) is 5.27. The monoisotopic (exact) mass is 242 g/mol. The van der Waals surface area contributed by atoms with Crippen LogP contribution >= 0.6 is 0 Å². The van der Waals surface area contributed by atoms with E-state index < -0.39 is 6.10 Å². The lowest BCUT2D eigenvalue weighted by molar-refractivity contribution is 0.215. The zero-order valence-electron chi connectivity index (χ0n) is 11.0. The molecule has 0 amide bonds. The normalized spacial score (nSPS) is 12.7. The predicted molar refractivity (Wildman–Crippen MR) is 71.4 cm³/mol. The van der Waals surface area contributed by atoms with E-state index in [0.717, 1.165) is 5.56 Å². The number of aryl methyl sites for hydroxylation is 1. The molecule has 3 heteroatoms. The summed E-state index contributed by atoms with van der Waals surface area (Å²) < 4.78 is 0. The Bertz CT molecular complexity index is 520. The van der Waals surface area contributed by atoms with E-state index in [1.54, 1.807) is 12.3 Å². The number of benzene rings is 1. The van der Waals surface area contributed by atoms with Crippen LogP contribution in [0.15, 0.2) is 36.5 Å². The minimum atomic E-state index is -0.687. The molecule has 1 aromatic carbocycles. The first-order chi connectivity index (χ1) is 8.58. The van der Waals surface area contributed by atoms with E-state index in [4.69, 9.17) is 0 Å². The highest BCUT2D eigenvalue weighted by atomic mass is 16.3. The van der Waals surface area contributed by atoms with Crippen LogP contribution in [0.2, 0.25) is 0 Å². The molecule has 0 aliphatic rings. The summed E-state index contributed by atoms with van der Waals surface area (Å²) in [5.74, 6) is 1.17. The zero-order chi connectivity index (χ0) is 13.1. The maximum absolute atomic E-state index is 10.3. The molecule has 0 fully saturated rings. The van der Waals surface area contributed by atoms with Gasteiger partial charge in [-0.15, -0.1) is 0 Å². The fraction of sp³-hybridized carbons (Fsp3) is 0.333. The fourth-order valence-electron chi connectivity index (χ4n) is 1.86. The van der Waals surface area contributed by atoms with Gasteiger partial charge in [0.1, 0.15) is 11.9 Å². The van der Waals surface area contributed by atoms with Gasteiger partial charge >= 0.3 is 0 Å². The molecule has 2 aromatic rings. The molecule has 3 nitrogen and oxygen atoms in total. The molecule has 0 aliphatic carbocycles. The summed E-state index contributed by atoms with van der Waals surface area (Å²) in [6.07, 6.45) is 0.983. The van der Waals surface area contributed by atoms with Gasteiger partial charge in [-0.05, 0) is 30.0 Å². The Morgan fingerprint density at radius 2 is 1.61 bits per heavy atom. The maximum Gasteiger partial charge on any atom is 0.125 e. The highest BCUT2D eigenvalue weighted by Crippen LogP contribution is 2.22. The number of nitrogens with zero attached hydrogens (tertiary/aromatic N) is 2. The van der Waals surface area contributed by atoms with Gasteiger partial charge in [-0.25, -0.2) is 9.97 Å². The summed E-state index contributed by atoms with van der Waals surface area (Å²) in [5, 5.41) is 10.3. The molecular weight excluding hydrogens is 224 g/mol. The molecule has 1 heterocycles. The number of hydrogen-bond donors (Lipinski definition) is 1. The van der Waals surface area contributed by atoms with Crippen molar-refractivity contribution in [3.05, 3.63) is 59.2 Å². The van der Waals surface area contributed by atoms with Crippen LogP contribution in [0.4, 0.5) is 0 Å². The van der Waals surface area contributed by atoms with E-state index in [0.29, 0.717) is 17.4 Å². The largest absolute Gasteiger partial charge is 0.382 e. The van der Waals surface area contributed by atoms with Gasteiger partial charge in [0, 0.05) is 6.20 Å². The summed E-state index contributed by atoms with van der Waals surface area (Å²) in [6.45, 7) is 6.12. The van der Waals surface area contributed by atoms with Gasteiger partial charge in [0.2, 0.25) is 0 Å². The molecule has 94 valence electrons. The third-order valence-electron chi connectivity index (χ3n) is 3.00. The standard InChI is InChI=1S/C15H18N2O/c1-10(2)12-4-6-13(7-5-12)15(18)14-8-9-16-11(3)17-14/h4-10,15,18H,1-3H3. The molecule has 1 N–H and O–H groups in total. The Hall–Kier alpha value is -1.74. The Kier molecular flexibility index (Phi) is 3.72. The van der Waals surface area contributed by atoms with Gasteiger partial charge < -0.3 is 5.11 Å². The van der Waals surface area contributed by atoms with Crippen molar-refractivity contribution in [1.29, 1.82) is 0 Å². The molecule has 1 atom stereocenters. The van der Waals surface area contributed by atoms with Crippen LogP contribution < -0.4 is 0 Å². The topological polar surface area (TPSA) is 46.0 Å². The van der Waals surface area contributed by atoms with E-state index in [1.165, 1.54) is 5.56 Å². The average Bonchev–Trinajstić information content (AvgIpc) is 2.38. The van der Waals surface area contributed by atoms with E-state index in [9.17, 15) is 5.11 Å². The van der Waals surface area contributed by atoms with Crippen LogP contribution in [0.3, 0.4) is 0 Å². The lowest BCUT2D eigenvalue weighted by atomic mass is 9.99. The minimum absolute atomic E-state index is 0.498. The van der Waals surface area contributed by atoms with E-state index in [-0.39, 0.29) is 0 Å². The maximum atomic E-state index is 10.3. The van der Waals surface area contributed by atoms with Gasteiger partial charge in [-0.1, -0.05) is 38.1 Å². The van der Waals surface area contributed by atoms with Gasteiger partial charge in [-0.2, -0.15) is 0 Å². The molecule has 0 spiro atoms. The van der Waals surface area contributed by atoms with Crippen LogP contribution in [0, 0.1) is 6.92 Å². The van der Waals surface area contributed by atoms with Crippen LogP contribution in [-0.2, 0) is 0 Å². The van der Waals surface area contributed by atoms with Crippen molar-refractivity contribution in [1.82, 2.24) is 9.97 Å². The minimum Gasteiger partial charge on any atom is -0.382 e. The van der Waals surface area contributed by atoms with Crippen LogP contribution in [0.25, 0.3) is 0 Å². The first kappa shape index (κ1) is 12.7. The smallest absolute Gasteiger partial charge is 0.125 e. The zero-order valence-corrected chi connectivity index (χ0v) is 11.0. The number of rotatable bonds is 3. The molecule has 2 rings (SSSR count). The first-order valence-electron chi connectivity index (χ1n) is 6.15. The molecule has 1 unspecified atom stereocenters. The molecule has 0 saturated carbocycles. The molecule has 1 aromatic heterocycles. The van der Waals surface area contributed by atoms with Gasteiger partial charge in [0.15, 0.2) is 0 Å². The summed E-state index contributed by atoms with van der Waals surface area (Å²) in [5.41, 5.74) is 2.77. The molecule has 18 heavy (non-hydrogen) atoms. The Morgan fingerprint density at radius 1 is 1.00 bits per heavy atom. The highest BCUT2D eigenvalue weighted by Gasteiger charge is 2.12. The lowest BCUT2D eigenvalue weighted by Gasteiger charge is -2.12. The van der Waals surface area contributed by atoms with Crippen molar-refractivity contribution in [2.75, 3.05) is 0 Å². The quantitative estimate of drug-likeness (QED) is 0.900. The average molecular weight is 242 g/mol. The summed E-state index contributed by atoms with van der Waals surface area (Å²) in [7, 11) is 0. The van der Waals surface area contributed by atoms with Gasteiger partial charge in [0.05, 0.1) is 5.69 Å². The van der Waals surface area contributed by atoms with Crippen molar-refractivity contribution in [3.8, 4) is 0 Å². The van der Waals surface area contributed by atoms with Crippen LogP contribution in [-0.4, -0.2) is 15.1 Å². The molecule has 0 radical (unpaired) electrons. The second-order valence-electron chi connectivity index (χ2n) is 4.75. The Balaban J connectivity index is 2.26. The predicted octanol–water partition coefficient (Wildman–Crippen LogP) is 2.99. The lowest BCUT2D eigenvalue weighted by Crippen LogP contribution is -2.04. The number of aliphatic hydroxyl groups is 1. The number of aromatic nitrogens is 2. The molecule has 0 bridgehead atoms. The van der Waals surface area contributed by atoms with Crippen molar-refractivity contribution in [3.63, 3.8) is 0 Å². The third kappa shape index (κ3) is 2.74. The Labute approximate surface area is 108 Å². The number of aliphatic hydroxyl groups excluding tert-OH is 1. The summed E-state index contributed by atoms with van der Waals surface area (Å²) in [4.78, 5) is 8.28. The molecule has 0 saturated heterocycles. The molecule has 0 aliphatic heterocycles. The van der Waals surface area contributed by atoms with Crippen molar-refractivity contribution < 1.29 is 5.11 Å². The molecular formula is C15H18N2O.